The van der Waals surface area contributed by atoms with E-state index in [2.05, 4.69) is 20.6 Å². The van der Waals surface area contributed by atoms with Gasteiger partial charge in [-0.3, -0.25) is 0 Å². The molecule has 1 fully saturated rings. The summed E-state index contributed by atoms with van der Waals surface area (Å²) in [5.41, 5.74) is 1.55. The Bertz CT molecular complexity index is 889. The van der Waals surface area contributed by atoms with Crippen molar-refractivity contribution in [2.45, 2.75) is 25.7 Å². The van der Waals surface area contributed by atoms with E-state index in [1.54, 1.807) is 22.7 Å². The number of likely N-dealkylation sites (tertiary alicyclic amines) is 1. The fourth-order valence-electron chi connectivity index (χ4n) is 3.23. The highest BCUT2D eigenvalue weighted by Gasteiger charge is 2.28. The summed E-state index contributed by atoms with van der Waals surface area (Å²) in [5.74, 6) is 1.31. The highest BCUT2D eigenvalue weighted by atomic mass is 16.5. The zero-order valence-corrected chi connectivity index (χ0v) is 14.5. The molecule has 1 unspecified atom stereocenters. The maximum atomic E-state index is 12.8. The van der Waals surface area contributed by atoms with Gasteiger partial charge in [-0.2, -0.15) is 10.1 Å². The Morgan fingerprint density at radius 2 is 2.19 bits per heavy atom. The second kappa shape index (κ2) is 6.99. The van der Waals surface area contributed by atoms with Crippen LogP contribution in [0.5, 0.6) is 0 Å². The van der Waals surface area contributed by atoms with Crippen LogP contribution in [0.2, 0.25) is 0 Å². The molecule has 134 valence electrons. The van der Waals surface area contributed by atoms with Gasteiger partial charge in [0.2, 0.25) is 5.89 Å². The van der Waals surface area contributed by atoms with E-state index >= 15 is 0 Å². The zero-order valence-electron chi connectivity index (χ0n) is 14.5. The SMILES string of the molecule is Cc1noc(C2CCCN(C(=O)Nc3ccccc3-n3cccn3)C2)n1. The minimum absolute atomic E-state index is 0.0806. The van der Waals surface area contributed by atoms with Crippen LogP contribution in [0.3, 0.4) is 0 Å². The van der Waals surface area contributed by atoms with Crippen LogP contribution < -0.4 is 5.32 Å². The Labute approximate surface area is 150 Å². The maximum absolute atomic E-state index is 12.8. The molecule has 1 saturated heterocycles. The van der Waals surface area contributed by atoms with Gasteiger partial charge in [-0.05, 0) is 38.0 Å². The van der Waals surface area contributed by atoms with Crippen molar-refractivity contribution in [3.8, 4) is 5.69 Å². The smallest absolute Gasteiger partial charge is 0.321 e. The number of para-hydroxylation sites is 2. The number of rotatable bonds is 3. The number of aromatic nitrogens is 4. The number of urea groups is 1. The Morgan fingerprint density at radius 3 is 2.96 bits per heavy atom. The second-order valence-corrected chi connectivity index (χ2v) is 6.36. The first kappa shape index (κ1) is 16.3. The van der Waals surface area contributed by atoms with Crippen LogP contribution in [0, 0.1) is 6.92 Å². The van der Waals surface area contributed by atoms with Gasteiger partial charge in [-0.25, -0.2) is 9.48 Å². The second-order valence-electron chi connectivity index (χ2n) is 6.36. The minimum Gasteiger partial charge on any atom is -0.339 e. The number of nitrogens with one attached hydrogen (secondary N) is 1. The van der Waals surface area contributed by atoms with Crippen molar-refractivity contribution >= 4 is 11.7 Å². The lowest BCUT2D eigenvalue weighted by Gasteiger charge is -2.31. The first-order valence-corrected chi connectivity index (χ1v) is 8.66. The number of anilines is 1. The largest absolute Gasteiger partial charge is 0.339 e. The standard InChI is InChI=1S/C18H20N6O2/c1-13-20-17(26-22-13)14-6-4-10-23(12-14)18(25)21-15-7-2-3-8-16(15)24-11-5-9-19-24/h2-3,5,7-9,11,14H,4,6,10,12H2,1H3,(H,21,25). The quantitative estimate of drug-likeness (QED) is 0.783. The number of benzene rings is 1. The molecule has 0 bridgehead atoms. The Morgan fingerprint density at radius 1 is 1.31 bits per heavy atom. The van der Waals surface area contributed by atoms with Crippen molar-refractivity contribution in [3.05, 3.63) is 54.4 Å². The average Bonchev–Trinajstić information content (AvgIpc) is 3.34. The number of aryl methyl sites for hydroxylation is 1. The molecule has 26 heavy (non-hydrogen) atoms. The van der Waals surface area contributed by atoms with Crippen molar-refractivity contribution in [1.82, 2.24) is 24.8 Å². The lowest BCUT2D eigenvalue weighted by molar-refractivity contribution is 0.184. The van der Waals surface area contributed by atoms with E-state index < -0.39 is 0 Å². The van der Waals surface area contributed by atoms with Crippen LogP contribution in [0.4, 0.5) is 10.5 Å². The van der Waals surface area contributed by atoms with Crippen LogP contribution in [0.1, 0.15) is 30.5 Å². The molecule has 4 rings (SSSR count). The molecular weight excluding hydrogens is 332 g/mol. The molecule has 0 radical (unpaired) electrons. The van der Waals surface area contributed by atoms with Gasteiger partial charge < -0.3 is 14.7 Å². The molecule has 0 saturated carbocycles. The third kappa shape index (κ3) is 3.30. The van der Waals surface area contributed by atoms with Crippen LogP contribution >= 0.6 is 0 Å². The van der Waals surface area contributed by atoms with Crippen LogP contribution in [-0.2, 0) is 0 Å². The molecule has 8 nitrogen and oxygen atoms in total. The molecular formula is C18H20N6O2. The minimum atomic E-state index is -0.134. The van der Waals surface area contributed by atoms with Crippen molar-refractivity contribution in [1.29, 1.82) is 0 Å². The molecule has 0 spiro atoms. The molecule has 2 amide bonds. The van der Waals surface area contributed by atoms with Crippen molar-refractivity contribution in [3.63, 3.8) is 0 Å². The number of carbonyl (C=O) groups is 1. The Balaban J connectivity index is 1.48. The third-order valence-electron chi connectivity index (χ3n) is 4.50. The summed E-state index contributed by atoms with van der Waals surface area (Å²) in [7, 11) is 0. The predicted molar refractivity (Wildman–Crippen MR) is 95.2 cm³/mol. The van der Waals surface area contributed by atoms with Gasteiger partial charge in [-0.15, -0.1) is 0 Å². The summed E-state index contributed by atoms with van der Waals surface area (Å²) in [6.45, 7) is 3.07. The zero-order chi connectivity index (χ0) is 17.9. The number of hydrogen-bond donors (Lipinski definition) is 1. The first-order valence-electron chi connectivity index (χ1n) is 8.66. The van der Waals surface area contributed by atoms with E-state index in [4.69, 9.17) is 4.52 Å². The van der Waals surface area contributed by atoms with Crippen LogP contribution in [-0.4, -0.2) is 43.9 Å². The van der Waals surface area contributed by atoms with E-state index in [-0.39, 0.29) is 11.9 Å². The van der Waals surface area contributed by atoms with E-state index in [9.17, 15) is 4.79 Å². The fraction of sp³-hybridized carbons (Fsp3) is 0.333. The number of amides is 2. The molecule has 1 atom stereocenters. The topological polar surface area (TPSA) is 89.1 Å². The highest BCUT2D eigenvalue weighted by Crippen LogP contribution is 2.27. The summed E-state index contributed by atoms with van der Waals surface area (Å²) in [6.07, 6.45) is 5.40. The molecule has 3 aromatic rings. The van der Waals surface area contributed by atoms with Crippen LogP contribution in [0.15, 0.2) is 47.2 Å². The summed E-state index contributed by atoms with van der Waals surface area (Å²) in [6, 6.07) is 9.32. The molecule has 1 aliphatic heterocycles. The van der Waals surface area contributed by atoms with Gasteiger partial charge in [0.1, 0.15) is 0 Å². The first-order chi connectivity index (χ1) is 12.7. The molecule has 8 heteroatoms. The van der Waals surface area contributed by atoms with E-state index in [1.807, 2.05) is 36.5 Å². The highest BCUT2D eigenvalue weighted by molar-refractivity contribution is 5.91. The molecule has 0 aliphatic carbocycles. The third-order valence-corrected chi connectivity index (χ3v) is 4.50. The van der Waals surface area contributed by atoms with E-state index in [0.717, 1.165) is 24.2 Å². The number of nitrogens with zero attached hydrogens (tertiary/aromatic N) is 5. The van der Waals surface area contributed by atoms with E-state index in [0.29, 0.717) is 24.8 Å². The summed E-state index contributed by atoms with van der Waals surface area (Å²) >= 11 is 0. The molecule has 3 heterocycles. The lowest BCUT2D eigenvalue weighted by atomic mass is 9.98. The molecule has 1 aliphatic rings. The predicted octanol–water partition coefficient (Wildman–Crippen LogP) is 2.98. The lowest BCUT2D eigenvalue weighted by Crippen LogP contribution is -2.41. The number of carbonyl (C=O) groups excluding carboxylic acids is 1. The summed E-state index contributed by atoms with van der Waals surface area (Å²) in [4.78, 5) is 18.9. The number of hydrogen-bond acceptors (Lipinski definition) is 5. The van der Waals surface area contributed by atoms with Crippen molar-refractivity contribution < 1.29 is 9.32 Å². The molecule has 1 N–H and O–H groups in total. The Hall–Kier alpha value is -3.16. The normalized spacial score (nSPS) is 17.3. The van der Waals surface area contributed by atoms with Gasteiger partial charge in [0.15, 0.2) is 5.82 Å². The summed E-state index contributed by atoms with van der Waals surface area (Å²) in [5, 5.41) is 11.1. The van der Waals surface area contributed by atoms with E-state index in [1.165, 1.54) is 0 Å². The van der Waals surface area contributed by atoms with Gasteiger partial charge in [-0.1, -0.05) is 17.3 Å². The van der Waals surface area contributed by atoms with Gasteiger partial charge in [0.05, 0.1) is 17.3 Å². The van der Waals surface area contributed by atoms with Crippen LogP contribution in [0.25, 0.3) is 5.69 Å². The van der Waals surface area contributed by atoms with Crippen molar-refractivity contribution in [2.75, 3.05) is 18.4 Å². The fourth-order valence-corrected chi connectivity index (χ4v) is 3.23. The van der Waals surface area contributed by atoms with Crippen molar-refractivity contribution in [2.24, 2.45) is 0 Å². The molecule has 2 aromatic heterocycles. The average molecular weight is 352 g/mol. The number of piperidine rings is 1. The monoisotopic (exact) mass is 352 g/mol. The molecule has 1 aromatic carbocycles. The van der Waals surface area contributed by atoms with Gasteiger partial charge >= 0.3 is 6.03 Å². The summed E-state index contributed by atoms with van der Waals surface area (Å²) < 4.78 is 7.02. The Kier molecular flexibility index (Phi) is 4.39. The van der Waals surface area contributed by atoms with Gasteiger partial charge in [0.25, 0.3) is 0 Å². The van der Waals surface area contributed by atoms with Gasteiger partial charge in [0, 0.05) is 25.5 Å². The maximum Gasteiger partial charge on any atom is 0.321 e.